The zero-order valence-electron chi connectivity index (χ0n) is 9.28. The van der Waals surface area contributed by atoms with Crippen molar-refractivity contribution in [2.75, 3.05) is 19.9 Å². The van der Waals surface area contributed by atoms with Gasteiger partial charge in [-0.3, -0.25) is 0 Å². The second-order valence-corrected chi connectivity index (χ2v) is 3.71. The first-order valence-corrected chi connectivity index (χ1v) is 5.62. The lowest BCUT2D eigenvalue weighted by molar-refractivity contribution is 0.173. The normalized spacial score (nSPS) is 12.8. The van der Waals surface area contributed by atoms with Crippen LogP contribution >= 0.6 is 0 Å². The standard InChI is InChI=1S/C12H17NO3/c13-6-2-1-3-7-14-10-4-5-11-12(8-10)16-9-15-11/h4-5,8H,1-3,6-7,9,13H2. The van der Waals surface area contributed by atoms with E-state index in [1.54, 1.807) is 0 Å². The van der Waals surface area contributed by atoms with E-state index in [4.69, 9.17) is 19.9 Å². The summed E-state index contributed by atoms with van der Waals surface area (Å²) in [5.41, 5.74) is 5.41. The van der Waals surface area contributed by atoms with E-state index in [-0.39, 0.29) is 0 Å². The van der Waals surface area contributed by atoms with Crippen LogP contribution in [0.5, 0.6) is 17.2 Å². The molecule has 1 aliphatic rings. The van der Waals surface area contributed by atoms with E-state index in [9.17, 15) is 0 Å². The third-order valence-corrected chi connectivity index (χ3v) is 2.46. The van der Waals surface area contributed by atoms with Gasteiger partial charge in [-0.2, -0.15) is 0 Å². The van der Waals surface area contributed by atoms with Gasteiger partial charge >= 0.3 is 0 Å². The second-order valence-electron chi connectivity index (χ2n) is 3.71. The van der Waals surface area contributed by atoms with E-state index < -0.39 is 0 Å². The lowest BCUT2D eigenvalue weighted by atomic mass is 10.2. The van der Waals surface area contributed by atoms with Crippen molar-refractivity contribution in [2.45, 2.75) is 19.3 Å². The number of unbranched alkanes of at least 4 members (excludes halogenated alkanes) is 2. The van der Waals surface area contributed by atoms with Gasteiger partial charge in [0, 0.05) is 6.07 Å². The van der Waals surface area contributed by atoms with Crippen molar-refractivity contribution in [2.24, 2.45) is 5.73 Å². The number of hydrogen-bond acceptors (Lipinski definition) is 4. The molecule has 2 N–H and O–H groups in total. The Kier molecular flexibility index (Phi) is 3.88. The minimum absolute atomic E-state index is 0.301. The number of fused-ring (bicyclic) bond motifs is 1. The molecule has 0 radical (unpaired) electrons. The van der Waals surface area contributed by atoms with Crippen LogP contribution in [0.1, 0.15) is 19.3 Å². The summed E-state index contributed by atoms with van der Waals surface area (Å²) in [7, 11) is 0. The third kappa shape index (κ3) is 2.79. The molecule has 0 spiro atoms. The summed E-state index contributed by atoms with van der Waals surface area (Å²) in [6.07, 6.45) is 3.21. The zero-order chi connectivity index (χ0) is 11.2. The molecule has 4 nitrogen and oxygen atoms in total. The predicted molar refractivity (Wildman–Crippen MR) is 61.0 cm³/mol. The molecule has 0 fully saturated rings. The van der Waals surface area contributed by atoms with E-state index in [1.165, 1.54) is 0 Å². The number of benzene rings is 1. The first-order chi connectivity index (χ1) is 7.90. The fraction of sp³-hybridized carbons (Fsp3) is 0.500. The summed E-state index contributed by atoms with van der Waals surface area (Å²) in [5.74, 6) is 2.38. The van der Waals surface area contributed by atoms with Gasteiger partial charge in [-0.1, -0.05) is 0 Å². The smallest absolute Gasteiger partial charge is 0.231 e. The summed E-state index contributed by atoms with van der Waals surface area (Å²) in [5, 5.41) is 0. The van der Waals surface area contributed by atoms with E-state index in [2.05, 4.69) is 0 Å². The third-order valence-electron chi connectivity index (χ3n) is 2.46. The van der Waals surface area contributed by atoms with Crippen molar-refractivity contribution in [3.8, 4) is 17.2 Å². The average Bonchev–Trinajstić information content (AvgIpc) is 2.76. The highest BCUT2D eigenvalue weighted by atomic mass is 16.7. The van der Waals surface area contributed by atoms with Gasteiger partial charge in [0.15, 0.2) is 11.5 Å². The summed E-state index contributed by atoms with van der Waals surface area (Å²) in [6.45, 7) is 1.78. The Morgan fingerprint density at radius 3 is 2.88 bits per heavy atom. The van der Waals surface area contributed by atoms with Crippen LogP contribution in [0.15, 0.2) is 18.2 Å². The minimum atomic E-state index is 0.301. The summed E-state index contributed by atoms with van der Waals surface area (Å²) >= 11 is 0. The monoisotopic (exact) mass is 223 g/mol. The highest BCUT2D eigenvalue weighted by Crippen LogP contribution is 2.35. The maximum Gasteiger partial charge on any atom is 0.231 e. The fourth-order valence-corrected chi connectivity index (χ4v) is 1.58. The Labute approximate surface area is 95.3 Å². The van der Waals surface area contributed by atoms with Gasteiger partial charge in [-0.15, -0.1) is 0 Å². The fourth-order valence-electron chi connectivity index (χ4n) is 1.58. The Bertz CT molecular complexity index is 341. The largest absolute Gasteiger partial charge is 0.493 e. The van der Waals surface area contributed by atoms with Crippen LogP contribution in [0.25, 0.3) is 0 Å². The first kappa shape index (κ1) is 11.1. The predicted octanol–water partition coefficient (Wildman–Crippen LogP) is 1.92. The topological polar surface area (TPSA) is 53.7 Å². The highest BCUT2D eigenvalue weighted by molar-refractivity contribution is 5.46. The van der Waals surface area contributed by atoms with Gasteiger partial charge in [0.25, 0.3) is 0 Å². The van der Waals surface area contributed by atoms with E-state index in [1.807, 2.05) is 18.2 Å². The number of hydrogen-bond donors (Lipinski definition) is 1. The van der Waals surface area contributed by atoms with E-state index in [0.717, 1.165) is 49.7 Å². The lowest BCUT2D eigenvalue weighted by Crippen LogP contribution is -2.01. The summed E-state index contributed by atoms with van der Waals surface area (Å²) in [4.78, 5) is 0. The van der Waals surface area contributed by atoms with Crippen LogP contribution in [0.2, 0.25) is 0 Å². The van der Waals surface area contributed by atoms with Crippen LogP contribution in [-0.2, 0) is 0 Å². The molecular formula is C12H17NO3. The Morgan fingerprint density at radius 2 is 2.00 bits per heavy atom. The van der Waals surface area contributed by atoms with Crippen LogP contribution in [0.4, 0.5) is 0 Å². The molecule has 0 bridgehead atoms. The van der Waals surface area contributed by atoms with Crippen LogP contribution in [0, 0.1) is 0 Å². The van der Waals surface area contributed by atoms with Gasteiger partial charge in [0.2, 0.25) is 6.79 Å². The quantitative estimate of drug-likeness (QED) is 0.749. The van der Waals surface area contributed by atoms with E-state index >= 15 is 0 Å². The minimum Gasteiger partial charge on any atom is -0.493 e. The van der Waals surface area contributed by atoms with Crippen molar-refractivity contribution in [1.29, 1.82) is 0 Å². The molecular weight excluding hydrogens is 206 g/mol. The molecule has 1 aliphatic heterocycles. The molecule has 2 rings (SSSR count). The van der Waals surface area contributed by atoms with Gasteiger partial charge in [-0.05, 0) is 37.9 Å². The molecule has 1 aromatic carbocycles. The number of ether oxygens (including phenoxy) is 3. The molecule has 16 heavy (non-hydrogen) atoms. The Balaban J connectivity index is 1.77. The van der Waals surface area contributed by atoms with Gasteiger partial charge in [-0.25, -0.2) is 0 Å². The van der Waals surface area contributed by atoms with Crippen molar-refractivity contribution >= 4 is 0 Å². The summed E-state index contributed by atoms with van der Waals surface area (Å²) < 4.78 is 16.1. The first-order valence-electron chi connectivity index (χ1n) is 5.62. The van der Waals surface area contributed by atoms with Crippen LogP contribution in [0.3, 0.4) is 0 Å². The lowest BCUT2D eigenvalue weighted by Gasteiger charge is -2.06. The van der Waals surface area contributed by atoms with Crippen molar-refractivity contribution in [3.63, 3.8) is 0 Å². The molecule has 0 aromatic heterocycles. The van der Waals surface area contributed by atoms with E-state index in [0.29, 0.717) is 6.79 Å². The maximum absolute atomic E-state index is 5.60. The second kappa shape index (κ2) is 5.61. The molecule has 0 saturated carbocycles. The zero-order valence-corrected chi connectivity index (χ0v) is 9.28. The Hall–Kier alpha value is -1.42. The van der Waals surface area contributed by atoms with Crippen LogP contribution in [-0.4, -0.2) is 19.9 Å². The maximum atomic E-state index is 5.60. The van der Waals surface area contributed by atoms with Crippen molar-refractivity contribution in [3.05, 3.63) is 18.2 Å². The van der Waals surface area contributed by atoms with Crippen molar-refractivity contribution < 1.29 is 14.2 Å². The Morgan fingerprint density at radius 1 is 1.12 bits per heavy atom. The SMILES string of the molecule is NCCCCCOc1ccc2c(c1)OCO2. The molecule has 0 saturated heterocycles. The van der Waals surface area contributed by atoms with Crippen LogP contribution < -0.4 is 19.9 Å². The highest BCUT2D eigenvalue weighted by Gasteiger charge is 2.13. The molecule has 0 unspecified atom stereocenters. The molecule has 4 heteroatoms. The molecule has 1 aromatic rings. The number of nitrogens with two attached hydrogens (primary N) is 1. The molecule has 0 amide bonds. The van der Waals surface area contributed by atoms with Gasteiger partial charge < -0.3 is 19.9 Å². The number of rotatable bonds is 6. The van der Waals surface area contributed by atoms with Crippen molar-refractivity contribution in [1.82, 2.24) is 0 Å². The molecule has 0 atom stereocenters. The average molecular weight is 223 g/mol. The van der Waals surface area contributed by atoms with Gasteiger partial charge in [0.05, 0.1) is 6.61 Å². The molecule has 1 heterocycles. The summed E-state index contributed by atoms with van der Waals surface area (Å²) in [6, 6.07) is 5.64. The molecule has 0 aliphatic carbocycles. The molecule has 88 valence electrons. The van der Waals surface area contributed by atoms with Gasteiger partial charge in [0.1, 0.15) is 5.75 Å².